The Kier molecular flexibility index (Phi) is 6.65. The van der Waals surface area contributed by atoms with Gasteiger partial charge in [-0.25, -0.2) is 4.79 Å². The third-order valence-corrected chi connectivity index (χ3v) is 4.82. The number of phenolic OH excluding ortho intramolecular Hbond substituents is 3. The number of furan rings is 1. The van der Waals surface area contributed by atoms with Crippen molar-refractivity contribution in [3.63, 3.8) is 0 Å². The second kappa shape index (κ2) is 9.37. The van der Waals surface area contributed by atoms with Crippen molar-refractivity contribution in [1.29, 1.82) is 0 Å². The minimum absolute atomic E-state index is 0.108. The molecular formula is C23H26O6. The molecule has 29 heavy (non-hydrogen) atoms. The summed E-state index contributed by atoms with van der Waals surface area (Å²) in [5, 5.41) is 30.0. The maximum absolute atomic E-state index is 12.7. The van der Waals surface area contributed by atoms with Gasteiger partial charge in [0.2, 0.25) is 0 Å². The van der Waals surface area contributed by atoms with Gasteiger partial charge in [-0.2, -0.15) is 0 Å². The van der Waals surface area contributed by atoms with Gasteiger partial charge in [-0.15, -0.1) is 0 Å². The third kappa shape index (κ3) is 5.02. The maximum Gasteiger partial charge on any atom is 0.339 e. The highest BCUT2D eigenvalue weighted by molar-refractivity contribution is 6.10. The lowest BCUT2D eigenvalue weighted by molar-refractivity contribution is 0.0499. The molecule has 0 aliphatic carbocycles. The lowest BCUT2D eigenvalue weighted by atomic mass is 10.00. The van der Waals surface area contributed by atoms with E-state index in [-0.39, 0.29) is 22.8 Å². The van der Waals surface area contributed by atoms with Crippen LogP contribution >= 0.6 is 0 Å². The fourth-order valence-electron chi connectivity index (χ4n) is 3.40. The van der Waals surface area contributed by atoms with E-state index in [0.29, 0.717) is 28.7 Å². The van der Waals surface area contributed by atoms with Crippen LogP contribution in [0.1, 0.15) is 55.8 Å². The van der Waals surface area contributed by atoms with Crippen LogP contribution in [-0.2, 0) is 4.74 Å². The Labute approximate surface area is 169 Å². The number of aromatic hydroxyl groups is 3. The Hall–Kier alpha value is -3.15. The summed E-state index contributed by atoms with van der Waals surface area (Å²) in [5.41, 5.74) is 1.49. The third-order valence-electron chi connectivity index (χ3n) is 4.82. The quantitative estimate of drug-likeness (QED) is 0.314. The zero-order valence-corrected chi connectivity index (χ0v) is 16.5. The first-order valence-electron chi connectivity index (χ1n) is 9.94. The number of carbonyl (C=O) groups is 1. The molecule has 6 nitrogen and oxygen atoms in total. The van der Waals surface area contributed by atoms with Crippen molar-refractivity contribution < 1.29 is 29.3 Å². The van der Waals surface area contributed by atoms with Crippen LogP contribution < -0.4 is 0 Å². The number of carbonyl (C=O) groups excluding carboxylic acids is 1. The first-order chi connectivity index (χ1) is 14.0. The molecule has 0 spiro atoms. The van der Waals surface area contributed by atoms with Gasteiger partial charge in [0.05, 0.1) is 18.4 Å². The summed E-state index contributed by atoms with van der Waals surface area (Å²) in [4.78, 5) is 12.7. The lowest BCUT2D eigenvalue weighted by Gasteiger charge is -2.08. The lowest BCUT2D eigenvalue weighted by Crippen LogP contribution is -2.07. The standard InChI is InChI=1S/C23H26O6/c1-2-3-4-5-6-7-8-28-23(27)19-12-18(26)13-21-22(19)20(14-29-21)15-9-16(24)11-17(25)10-15/h9-14,24-26H,2-8H2,1H3. The predicted molar refractivity (Wildman–Crippen MR) is 110 cm³/mol. The van der Waals surface area contributed by atoms with Crippen LogP contribution in [0.4, 0.5) is 0 Å². The molecule has 0 amide bonds. The van der Waals surface area contributed by atoms with Crippen molar-refractivity contribution >= 4 is 16.9 Å². The minimum atomic E-state index is -0.550. The second-order valence-electron chi connectivity index (χ2n) is 7.16. The summed E-state index contributed by atoms with van der Waals surface area (Å²) in [5.74, 6) is -0.879. The molecule has 0 fully saturated rings. The molecule has 6 heteroatoms. The zero-order valence-electron chi connectivity index (χ0n) is 16.5. The van der Waals surface area contributed by atoms with Crippen molar-refractivity contribution in [2.75, 3.05) is 6.61 Å². The first-order valence-corrected chi connectivity index (χ1v) is 9.94. The van der Waals surface area contributed by atoms with E-state index in [0.717, 1.165) is 19.3 Å². The Morgan fingerprint density at radius 2 is 1.55 bits per heavy atom. The topological polar surface area (TPSA) is 100 Å². The monoisotopic (exact) mass is 398 g/mol. The molecule has 0 atom stereocenters. The van der Waals surface area contributed by atoms with E-state index in [4.69, 9.17) is 9.15 Å². The van der Waals surface area contributed by atoms with Crippen LogP contribution in [0.25, 0.3) is 22.1 Å². The van der Waals surface area contributed by atoms with Crippen molar-refractivity contribution in [2.24, 2.45) is 0 Å². The molecule has 154 valence electrons. The number of fused-ring (bicyclic) bond motifs is 1. The Morgan fingerprint density at radius 1 is 0.897 bits per heavy atom. The van der Waals surface area contributed by atoms with Gasteiger partial charge in [-0.3, -0.25) is 0 Å². The number of esters is 1. The van der Waals surface area contributed by atoms with Gasteiger partial charge in [0, 0.05) is 23.1 Å². The summed E-state index contributed by atoms with van der Waals surface area (Å²) in [6, 6.07) is 6.89. The number of hydrogen-bond acceptors (Lipinski definition) is 6. The summed E-state index contributed by atoms with van der Waals surface area (Å²) in [6.07, 6.45) is 7.92. The van der Waals surface area contributed by atoms with Gasteiger partial charge >= 0.3 is 5.97 Å². The highest BCUT2D eigenvalue weighted by Crippen LogP contribution is 2.38. The van der Waals surface area contributed by atoms with Gasteiger partial charge in [0.15, 0.2) is 0 Å². The molecule has 0 saturated carbocycles. The fourth-order valence-corrected chi connectivity index (χ4v) is 3.40. The highest BCUT2D eigenvalue weighted by atomic mass is 16.5. The largest absolute Gasteiger partial charge is 0.508 e. The molecule has 3 rings (SSSR count). The molecule has 3 aromatic rings. The van der Waals surface area contributed by atoms with Crippen LogP contribution in [0.2, 0.25) is 0 Å². The molecule has 2 aromatic carbocycles. The van der Waals surface area contributed by atoms with Crippen molar-refractivity contribution in [1.82, 2.24) is 0 Å². The maximum atomic E-state index is 12.7. The molecule has 0 radical (unpaired) electrons. The van der Waals surface area contributed by atoms with Crippen LogP contribution in [0.5, 0.6) is 17.2 Å². The molecule has 0 unspecified atom stereocenters. The van der Waals surface area contributed by atoms with E-state index in [1.54, 1.807) is 0 Å². The number of hydrogen-bond donors (Lipinski definition) is 3. The second-order valence-corrected chi connectivity index (χ2v) is 7.16. The van der Waals surface area contributed by atoms with Crippen LogP contribution in [0, 0.1) is 0 Å². The number of ether oxygens (including phenoxy) is 1. The fraction of sp³-hybridized carbons (Fsp3) is 0.348. The van der Waals surface area contributed by atoms with Crippen LogP contribution in [0.3, 0.4) is 0 Å². The van der Waals surface area contributed by atoms with Crippen molar-refractivity contribution in [2.45, 2.75) is 45.4 Å². The number of unbranched alkanes of at least 4 members (excludes halogenated alkanes) is 5. The highest BCUT2D eigenvalue weighted by Gasteiger charge is 2.20. The first kappa shape index (κ1) is 20.6. The minimum Gasteiger partial charge on any atom is -0.508 e. The van der Waals surface area contributed by atoms with E-state index in [2.05, 4.69) is 6.92 Å². The Bertz CT molecular complexity index is 968. The summed E-state index contributed by atoms with van der Waals surface area (Å²) < 4.78 is 10.9. The van der Waals surface area contributed by atoms with E-state index >= 15 is 0 Å². The van der Waals surface area contributed by atoms with E-state index in [1.165, 1.54) is 55.9 Å². The van der Waals surface area contributed by atoms with E-state index < -0.39 is 5.97 Å². The molecule has 3 N–H and O–H groups in total. The van der Waals surface area contributed by atoms with Gasteiger partial charge in [0.1, 0.15) is 22.8 Å². The van der Waals surface area contributed by atoms with Gasteiger partial charge in [0.25, 0.3) is 0 Å². The molecule has 0 bridgehead atoms. The zero-order chi connectivity index (χ0) is 20.8. The molecule has 0 aliphatic rings. The van der Waals surface area contributed by atoms with Crippen molar-refractivity contribution in [3.8, 4) is 28.4 Å². The summed E-state index contributed by atoms with van der Waals surface area (Å²) in [7, 11) is 0. The average Bonchev–Trinajstić information content (AvgIpc) is 3.09. The molecular weight excluding hydrogens is 372 g/mol. The summed E-state index contributed by atoms with van der Waals surface area (Å²) >= 11 is 0. The number of phenols is 3. The van der Waals surface area contributed by atoms with Crippen LogP contribution in [0.15, 0.2) is 41.0 Å². The molecule has 0 aliphatic heterocycles. The number of benzene rings is 2. The van der Waals surface area contributed by atoms with Crippen LogP contribution in [-0.4, -0.2) is 27.9 Å². The van der Waals surface area contributed by atoms with Gasteiger partial charge in [-0.05, 0) is 30.2 Å². The number of rotatable bonds is 9. The van der Waals surface area contributed by atoms with E-state index in [9.17, 15) is 20.1 Å². The van der Waals surface area contributed by atoms with Gasteiger partial charge in [-0.1, -0.05) is 39.0 Å². The smallest absolute Gasteiger partial charge is 0.339 e. The summed E-state index contributed by atoms with van der Waals surface area (Å²) in [6.45, 7) is 2.47. The molecule has 1 aromatic heterocycles. The van der Waals surface area contributed by atoms with Gasteiger partial charge < -0.3 is 24.5 Å². The average molecular weight is 398 g/mol. The van der Waals surface area contributed by atoms with E-state index in [1.807, 2.05) is 0 Å². The molecule has 1 heterocycles. The SMILES string of the molecule is CCCCCCCCOC(=O)c1cc(O)cc2occ(-c3cc(O)cc(O)c3)c12. The van der Waals surface area contributed by atoms with Crippen molar-refractivity contribution in [3.05, 3.63) is 42.2 Å². The Balaban J connectivity index is 1.82. The predicted octanol–water partition coefficient (Wildman–Crippen LogP) is 5.73. The molecule has 0 saturated heterocycles. The Morgan fingerprint density at radius 3 is 2.28 bits per heavy atom. The normalized spacial score (nSPS) is 11.1.